The summed E-state index contributed by atoms with van der Waals surface area (Å²) in [5.41, 5.74) is 3.30. The first-order chi connectivity index (χ1) is 15.2. The second kappa shape index (κ2) is 12.0. The van der Waals surface area contributed by atoms with Gasteiger partial charge >= 0.3 is 6.09 Å². The van der Waals surface area contributed by atoms with Crippen LogP contribution in [0.2, 0.25) is 0 Å². The van der Waals surface area contributed by atoms with Crippen molar-refractivity contribution in [2.24, 2.45) is 0 Å². The second-order valence-electron chi connectivity index (χ2n) is 7.86. The Hall–Kier alpha value is -3.01. The van der Waals surface area contributed by atoms with Gasteiger partial charge in [0.15, 0.2) is 0 Å². The zero-order chi connectivity index (χ0) is 21.9. The van der Waals surface area contributed by atoms with Crippen LogP contribution in [0.5, 0.6) is 0 Å². The van der Waals surface area contributed by atoms with E-state index in [1.807, 2.05) is 60.4 Å². The molecule has 4 nitrogen and oxygen atoms in total. The van der Waals surface area contributed by atoms with Crippen LogP contribution in [0.1, 0.15) is 50.2 Å². The molecule has 0 heterocycles. The highest BCUT2D eigenvalue weighted by Gasteiger charge is 2.26. The van der Waals surface area contributed by atoms with E-state index in [-0.39, 0.29) is 18.7 Å². The number of benzene rings is 2. The maximum absolute atomic E-state index is 13.1. The topological polar surface area (TPSA) is 38.8 Å². The molecule has 3 rings (SSSR count). The van der Waals surface area contributed by atoms with Gasteiger partial charge in [0.2, 0.25) is 0 Å². The van der Waals surface area contributed by atoms with Crippen LogP contribution in [0.25, 0.3) is 0 Å². The molecular weight excluding hydrogens is 386 g/mol. The molecule has 0 N–H and O–H groups in total. The summed E-state index contributed by atoms with van der Waals surface area (Å²) in [6.07, 6.45) is 6.61. The van der Waals surface area contributed by atoms with Gasteiger partial charge in [0, 0.05) is 12.6 Å². The summed E-state index contributed by atoms with van der Waals surface area (Å²) < 4.78 is 11.3. The zero-order valence-corrected chi connectivity index (χ0v) is 18.5. The Morgan fingerprint density at radius 3 is 2.35 bits per heavy atom. The number of hydrogen-bond acceptors (Lipinski definition) is 3. The van der Waals surface area contributed by atoms with Gasteiger partial charge in [0.25, 0.3) is 0 Å². The number of amides is 1. The van der Waals surface area contributed by atoms with Gasteiger partial charge in [0.1, 0.15) is 12.4 Å². The lowest BCUT2D eigenvalue weighted by atomic mass is 9.94. The lowest BCUT2D eigenvalue weighted by Gasteiger charge is -2.32. The van der Waals surface area contributed by atoms with Crippen LogP contribution in [0.3, 0.4) is 0 Å². The summed E-state index contributed by atoms with van der Waals surface area (Å²) in [6, 6.07) is 20.1. The van der Waals surface area contributed by atoms with Crippen LogP contribution in [0, 0.1) is 0 Å². The maximum Gasteiger partial charge on any atom is 0.410 e. The van der Waals surface area contributed by atoms with E-state index in [1.165, 1.54) is 5.57 Å². The predicted octanol–water partition coefficient (Wildman–Crippen LogP) is 6.63. The van der Waals surface area contributed by atoms with Crippen molar-refractivity contribution in [3.63, 3.8) is 0 Å². The van der Waals surface area contributed by atoms with Gasteiger partial charge in [-0.15, -0.1) is 0 Å². The predicted molar refractivity (Wildman–Crippen MR) is 124 cm³/mol. The van der Waals surface area contributed by atoms with E-state index < -0.39 is 0 Å². The molecule has 0 aliphatic heterocycles. The largest absolute Gasteiger partial charge is 0.494 e. The van der Waals surface area contributed by atoms with Crippen molar-refractivity contribution < 1.29 is 14.3 Å². The average molecular weight is 420 g/mol. The van der Waals surface area contributed by atoms with Gasteiger partial charge in [0.05, 0.1) is 6.61 Å². The fraction of sp³-hybridized carbons (Fsp3) is 0.370. The van der Waals surface area contributed by atoms with Gasteiger partial charge in [-0.05, 0) is 55.7 Å². The van der Waals surface area contributed by atoms with Crippen molar-refractivity contribution in [1.82, 2.24) is 4.90 Å². The Bertz CT molecular complexity index is 861. The minimum atomic E-state index is -0.249. The molecule has 164 valence electrons. The molecule has 1 amide bonds. The molecule has 2 aromatic rings. The Kier molecular flexibility index (Phi) is 8.77. The molecule has 0 spiro atoms. The summed E-state index contributed by atoms with van der Waals surface area (Å²) in [7, 11) is 0. The highest BCUT2D eigenvalue weighted by atomic mass is 16.6. The molecule has 2 aromatic carbocycles. The summed E-state index contributed by atoms with van der Waals surface area (Å²) in [4.78, 5) is 15.0. The van der Waals surface area contributed by atoms with Crippen molar-refractivity contribution in [3.8, 4) is 0 Å². The van der Waals surface area contributed by atoms with E-state index in [0.717, 1.165) is 49.0 Å². The number of rotatable bonds is 8. The quantitative estimate of drug-likeness (QED) is 0.451. The molecule has 31 heavy (non-hydrogen) atoms. The Morgan fingerprint density at radius 1 is 1.00 bits per heavy atom. The first-order valence-electron chi connectivity index (χ1n) is 11.2. The second-order valence-corrected chi connectivity index (χ2v) is 7.86. The lowest BCUT2D eigenvalue weighted by molar-refractivity contribution is 0.0724. The number of nitrogens with zero attached hydrogens (tertiary/aromatic N) is 1. The van der Waals surface area contributed by atoms with E-state index in [2.05, 4.69) is 24.8 Å². The third kappa shape index (κ3) is 7.02. The molecule has 1 aliphatic rings. The van der Waals surface area contributed by atoms with Crippen LogP contribution in [0.4, 0.5) is 4.79 Å². The standard InChI is InChI=1S/C27H33NO3/c1-3-30-22(2)25-16-10-18-26(19-11-17-25)28(20-23-12-6-4-7-13-23)27(29)31-21-24-14-8-5-9-15-24/h4-9,12-16,26H,2-3,10-11,17-21H2,1H3/b25-16+/t26-/m0/s1. The number of carbonyl (C=O) groups is 1. The number of ether oxygens (including phenoxy) is 2. The molecule has 1 atom stereocenters. The summed E-state index contributed by atoms with van der Waals surface area (Å²) in [5.74, 6) is 0.782. The average Bonchev–Trinajstić information content (AvgIpc) is 2.78. The van der Waals surface area contributed by atoms with Gasteiger partial charge in [-0.2, -0.15) is 0 Å². The molecule has 0 fully saturated rings. The third-order valence-electron chi connectivity index (χ3n) is 5.63. The summed E-state index contributed by atoms with van der Waals surface area (Å²) in [6.45, 7) is 7.52. The fourth-order valence-electron chi connectivity index (χ4n) is 3.98. The molecule has 0 saturated carbocycles. The normalized spacial score (nSPS) is 18.1. The van der Waals surface area contributed by atoms with Gasteiger partial charge < -0.3 is 14.4 Å². The van der Waals surface area contributed by atoms with Crippen molar-refractivity contribution >= 4 is 6.09 Å². The van der Waals surface area contributed by atoms with Crippen molar-refractivity contribution in [1.29, 1.82) is 0 Å². The number of allylic oxidation sites excluding steroid dienone is 2. The van der Waals surface area contributed by atoms with Crippen molar-refractivity contribution in [2.75, 3.05) is 6.61 Å². The smallest absolute Gasteiger partial charge is 0.410 e. The fourth-order valence-corrected chi connectivity index (χ4v) is 3.98. The molecule has 1 aliphatic carbocycles. The van der Waals surface area contributed by atoms with Crippen LogP contribution in [-0.4, -0.2) is 23.6 Å². The van der Waals surface area contributed by atoms with Crippen LogP contribution < -0.4 is 0 Å². The number of hydrogen-bond donors (Lipinski definition) is 0. The summed E-state index contributed by atoms with van der Waals surface area (Å²) in [5, 5.41) is 0. The zero-order valence-electron chi connectivity index (χ0n) is 18.5. The van der Waals surface area contributed by atoms with E-state index in [1.54, 1.807) is 0 Å². The molecule has 4 heteroatoms. The first-order valence-corrected chi connectivity index (χ1v) is 11.2. The molecule has 0 saturated heterocycles. The Balaban J connectivity index is 1.69. The van der Waals surface area contributed by atoms with Gasteiger partial charge in [-0.25, -0.2) is 4.79 Å². The molecule has 0 unspecified atom stereocenters. The van der Waals surface area contributed by atoms with Crippen LogP contribution >= 0.6 is 0 Å². The SMILES string of the molecule is C=C(OCC)/C1=C/CC[C@H](N(Cc2ccccc2)C(=O)OCc2ccccc2)CCC1. The maximum atomic E-state index is 13.1. The molecule has 0 bridgehead atoms. The monoisotopic (exact) mass is 419 g/mol. The molecule has 0 aromatic heterocycles. The van der Waals surface area contributed by atoms with Crippen LogP contribution in [-0.2, 0) is 22.6 Å². The minimum Gasteiger partial charge on any atom is -0.494 e. The first kappa shape index (κ1) is 22.7. The van der Waals surface area contributed by atoms with Gasteiger partial charge in [-0.1, -0.05) is 73.3 Å². The van der Waals surface area contributed by atoms with Gasteiger partial charge in [-0.3, -0.25) is 0 Å². The highest BCUT2D eigenvalue weighted by molar-refractivity contribution is 5.68. The summed E-state index contributed by atoms with van der Waals surface area (Å²) >= 11 is 0. The Morgan fingerprint density at radius 2 is 1.68 bits per heavy atom. The highest BCUT2D eigenvalue weighted by Crippen LogP contribution is 2.27. The minimum absolute atomic E-state index is 0.140. The third-order valence-corrected chi connectivity index (χ3v) is 5.63. The molecule has 0 radical (unpaired) electrons. The van der Waals surface area contributed by atoms with Crippen LogP contribution in [0.15, 0.2) is 84.7 Å². The van der Waals surface area contributed by atoms with E-state index in [9.17, 15) is 4.79 Å². The number of carbonyl (C=O) groups excluding carboxylic acids is 1. The van der Waals surface area contributed by atoms with Crippen molar-refractivity contribution in [2.45, 2.75) is 58.2 Å². The lowest BCUT2D eigenvalue weighted by Crippen LogP contribution is -2.40. The molecular formula is C27H33NO3. The van der Waals surface area contributed by atoms with E-state index >= 15 is 0 Å². The van der Waals surface area contributed by atoms with E-state index in [4.69, 9.17) is 9.47 Å². The van der Waals surface area contributed by atoms with E-state index in [0.29, 0.717) is 13.2 Å². The Labute approximate surface area is 186 Å². The van der Waals surface area contributed by atoms with Crippen molar-refractivity contribution in [3.05, 3.63) is 95.8 Å².